The summed E-state index contributed by atoms with van der Waals surface area (Å²) in [6.45, 7) is 1.04. The fourth-order valence-corrected chi connectivity index (χ4v) is 3.80. The minimum Gasteiger partial charge on any atom is -0.465 e. The summed E-state index contributed by atoms with van der Waals surface area (Å²) in [6.07, 6.45) is 5.01. The highest BCUT2D eigenvalue weighted by Crippen LogP contribution is 2.30. The second-order valence-electron chi connectivity index (χ2n) is 8.17. The molecule has 0 spiro atoms. The Morgan fingerprint density at radius 1 is 0.800 bits per heavy atom. The van der Waals surface area contributed by atoms with Crippen LogP contribution in [0.5, 0.6) is 11.5 Å². The van der Waals surface area contributed by atoms with Gasteiger partial charge in [-0.05, 0) is 56.0 Å². The van der Waals surface area contributed by atoms with E-state index in [0.29, 0.717) is 44.0 Å². The van der Waals surface area contributed by atoms with Gasteiger partial charge in [0.15, 0.2) is 41.6 Å². The molecule has 35 heavy (non-hydrogen) atoms. The molecule has 4 rings (SSSR count). The van der Waals surface area contributed by atoms with Gasteiger partial charge in [0.05, 0.1) is 24.3 Å². The predicted molar refractivity (Wildman–Crippen MR) is 114 cm³/mol. The molecule has 0 aromatic heterocycles. The first-order valence-corrected chi connectivity index (χ1v) is 11.3. The van der Waals surface area contributed by atoms with Crippen LogP contribution < -0.4 is 9.47 Å². The lowest BCUT2D eigenvalue weighted by Crippen LogP contribution is -2.26. The maximum absolute atomic E-state index is 14.0. The monoisotopic (exact) mass is 498 g/mol. The smallest absolute Gasteiger partial charge is 0.200 e. The largest absolute Gasteiger partial charge is 0.465 e. The first-order chi connectivity index (χ1) is 16.8. The number of halogens is 5. The van der Waals surface area contributed by atoms with Gasteiger partial charge in [0.1, 0.15) is 11.5 Å². The first-order valence-electron chi connectivity index (χ1n) is 11.3. The van der Waals surface area contributed by atoms with Crippen molar-refractivity contribution in [1.29, 1.82) is 0 Å². The van der Waals surface area contributed by atoms with Crippen LogP contribution in [0.25, 0.3) is 6.08 Å². The molecule has 0 N–H and O–H groups in total. The van der Waals surface area contributed by atoms with Crippen LogP contribution in [0.4, 0.5) is 22.0 Å². The summed E-state index contributed by atoms with van der Waals surface area (Å²) in [7, 11) is 0. The van der Waals surface area contributed by atoms with Crippen molar-refractivity contribution >= 4 is 11.9 Å². The topological polar surface area (TPSA) is 54.0 Å². The van der Waals surface area contributed by atoms with Crippen molar-refractivity contribution in [2.75, 3.05) is 13.2 Å². The Balaban J connectivity index is 1.63. The highest BCUT2D eigenvalue weighted by atomic mass is 19.2. The molecule has 10 heteroatoms. The molecule has 0 aliphatic carbocycles. The summed E-state index contributed by atoms with van der Waals surface area (Å²) in [5.74, 6) is -10.9. The zero-order valence-corrected chi connectivity index (χ0v) is 18.6. The van der Waals surface area contributed by atoms with Crippen molar-refractivity contribution < 1.29 is 45.7 Å². The number of ketones is 1. The summed E-state index contributed by atoms with van der Waals surface area (Å²) in [6, 6.07) is 4.46. The standard InChI is InChI=1S/C25H23F5O5/c26-21-15(22(27)24(29)25(30)23(21)28)8-9-17(31)16-13-14(34-19-5-1-3-11-32-19)7-10-18(16)35-20-6-2-4-12-33-20/h7-10,13,19-20H,1-6,11-12H2/b9-8+. The van der Waals surface area contributed by atoms with Gasteiger partial charge in [0, 0.05) is 12.8 Å². The van der Waals surface area contributed by atoms with Gasteiger partial charge in [-0.25, -0.2) is 22.0 Å². The minimum absolute atomic E-state index is 0.0346. The molecule has 0 bridgehead atoms. The van der Waals surface area contributed by atoms with Crippen LogP contribution in [0.15, 0.2) is 24.3 Å². The second kappa shape index (κ2) is 11.2. The SMILES string of the molecule is O=C(/C=C/c1c(F)c(F)c(F)c(F)c1F)c1cc(OC2CCCCO2)ccc1OC1CCCCO1. The molecule has 0 radical (unpaired) electrons. The van der Waals surface area contributed by atoms with Gasteiger partial charge in [0.2, 0.25) is 5.82 Å². The van der Waals surface area contributed by atoms with E-state index in [1.165, 1.54) is 12.1 Å². The van der Waals surface area contributed by atoms with Crippen molar-refractivity contribution in [1.82, 2.24) is 0 Å². The van der Waals surface area contributed by atoms with E-state index in [1.54, 1.807) is 6.07 Å². The van der Waals surface area contributed by atoms with E-state index in [2.05, 4.69) is 0 Å². The number of benzene rings is 2. The third-order valence-corrected chi connectivity index (χ3v) is 5.66. The Kier molecular flexibility index (Phi) is 8.02. The number of allylic oxidation sites excluding steroid dienone is 1. The fourth-order valence-electron chi connectivity index (χ4n) is 3.80. The Labute approximate surface area is 198 Å². The van der Waals surface area contributed by atoms with Crippen LogP contribution in [0, 0.1) is 29.1 Å². The lowest BCUT2D eigenvalue weighted by molar-refractivity contribution is -0.107. The van der Waals surface area contributed by atoms with E-state index >= 15 is 0 Å². The number of rotatable bonds is 7. The minimum atomic E-state index is -2.28. The average Bonchev–Trinajstić information content (AvgIpc) is 2.88. The highest BCUT2D eigenvalue weighted by Gasteiger charge is 2.25. The molecule has 2 atom stereocenters. The first kappa shape index (κ1) is 25.1. The molecule has 2 aromatic carbocycles. The van der Waals surface area contributed by atoms with E-state index < -0.39 is 53.0 Å². The maximum atomic E-state index is 14.0. The van der Waals surface area contributed by atoms with Crippen molar-refractivity contribution in [3.05, 3.63) is 64.5 Å². The van der Waals surface area contributed by atoms with Crippen LogP contribution in [-0.2, 0) is 9.47 Å². The van der Waals surface area contributed by atoms with Crippen molar-refractivity contribution in [3.63, 3.8) is 0 Å². The second-order valence-corrected chi connectivity index (χ2v) is 8.17. The molecule has 0 amide bonds. The Bertz CT molecular complexity index is 1080. The zero-order chi connectivity index (χ0) is 24.9. The number of ether oxygens (including phenoxy) is 4. The molecule has 2 aromatic rings. The summed E-state index contributed by atoms with van der Waals surface area (Å²) in [5.41, 5.74) is -1.26. The lowest BCUT2D eigenvalue weighted by atomic mass is 10.1. The van der Waals surface area contributed by atoms with Crippen LogP contribution in [0.2, 0.25) is 0 Å². The molecule has 2 unspecified atom stereocenters. The Hall–Kier alpha value is -2.98. The van der Waals surface area contributed by atoms with Gasteiger partial charge in [-0.1, -0.05) is 0 Å². The maximum Gasteiger partial charge on any atom is 0.200 e. The van der Waals surface area contributed by atoms with Crippen molar-refractivity contribution in [3.8, 4) is 11.5 Å². The van der Waals surface area contributed by atoms with Crippen LogP contribution in [0.1, 0.15) is 54.4 Å². The summed E-state index contributed by atoms with van der Waals surface area (Å²) >= 11 is 0. The predicted octanol–water partition coefficient (Wildman–Crippen LogP) is 6.09. The molecule has 2 aliphatic heterocycles. The normalized spacial score (nSPS) is 20.7. The highest BCUT2D eigenvalue weighted by molar-refractivity contribution is 6.09. The van der Waals surface area contributed by atoms with E-state index in [-0.39, 0.29) is 11.3 Å². The fraction of sp³-hybridized carbons (Fsp3) is 0.400. The number of carbonyl (C=O) groups is 1. The number of hydrogen-bond acceptors (Lipinski definition) is 5. The van der Waals surface area contributed by atoms with Crippen LogP contribution in [0.3, 0.4) is 0 Å². The summed E-state index contributed by atoms with van der Waals surface area (Å²) in [4.78, 5) is 13.0. The number of carbonyl (C=O) groups excluding carboxylic acids is 1. The summed E-state index contributed by atoms with van der Waals surface area (Å²) in [5, 5.41) is 0. The van der Waals surface area contributed by atoms with E-state index in [9.17, 15) is 26.7 Å². The van der Waals surface area contributed by atoms with Crippen LogP contribution >= 0.6 is 0 Å². The molecule has 2 fully saturated rings. The molecule has 188 valence electrons. The van der Waals surface area contributed by atoms with Gasteiger partial charge < -0.3 is 18.9 Å². The molecular weight excluding hydrogens is 475 g/mol. The molecule has 2 aliphatic rings. The third-order valence-electron chi connectivity index (χ3n) is 5.66. The van der Waals surface area contributed by atoms with Gasteiger partial charge in [-0.2, -0.15) is 0 Å². The Morgan fingerprint density at radius 3 is 1.94 bits per heavy atom. The van der Waals surface area contributed by atoms with Gasteiger partial charge in [-0.15, -0.1) is 0 Å². The molecule has 2 heterocycles. The number of hydrogen-bond donors (Lipinski definition) is 0. The average molecular weight is 498 g/mol. The molecular formula is C25H23F5O5. The molecule has 0 saturated carbocycles. The quantitative estimate of drug-likeness (QED) is 0.152. The Morgan fingerprint density at radius 2 is 1.37 bits per heavy atom. The van der Waals surface area contributed by atoms with Gasteiger partial charge in [0.25, 0.3) is 0 Å². The van der Waals surface area contributed by atoms with E-state index in [4.69, 9.17) is 18.9 Å². The van der Waals surface area contributed by atoms with E-state index in [1.807, 2.05) is 0 Å². The van der Waals surface area contributed by atoms with Gasteiger partial charge in [-0.3, -0.25) is 4.79 Å². The zero-order valence-electron chi connectivity index (χ0n) is 18.6. The summed E-state index contributed by atoms with van der Waals surface area (Å²) < 4.78 is 91.0. The van der Waals surface area contributed by atoms with Gasteiger partial charge >= 0.3 is 0 Å². The lowest BCUT2D eigenvalue weighted by Gasteiger charge is -2.25. The molecule has 5 nitrogen and oxygen atoms in total. The third kappa shape index (κ3) is 5.82. The van der Waals surface area contributed by atoms with E-state index in [0.717, 1.165) is 25.7 Å². The van der Waals surface area contributed by atoms with Crippen molar-refractivity contribution in [2.24, 2.45) is 0 Å². The molecule has 2 saturated heterocycles. The van der Waals surface area contributed by atoms with Crippen LogP contribution in [-0.4, -0.2) is 31.6 Å². The van der Waals surface area contributed by atoms with Crippen molar-refractivity contribution in [2.45, 2.75) is 51.1 Å².